The van der Waals surface area contributed by atoms with Gasteiger partial charge in [-0.05, 0) is 78.2 Å². The van der Waals surface area contributed by atoms with Crippen LogP contribution in [-0.2, 0) is 18.8 Å². The average molecular weight is 381 g/mol. The Morgan fingerprint density at radius 1 is 1.30 bits per heavy atom. The summed E-state index contributed by atoms with van der Waals surface area (Å²) >= 11 is 0. The highest BCUT2D eigenvalue weighted by Gasteiger charge is 2.54. The number of hydrogen-bond donors (Lipinski definition) is 1. The first-order chi connectivity index (χ1) is 12.3. The Morgan fingerprint density at radius 3 is 2.56 bits per heavy atom. The largest absolute Gasteiger partial charge is 0.475 e. The molecule has 156 valence electrons. The van der Waals surface area contributed by atoms with Crippen molar-refractivity contribution >= 4 is 13.1 Å². The second-order valence-electron chi connectivity index (χ2n) is 10.7. The third-order valence-electron chi connectivity index (χ3n) is 5.88. The van der Waals surface area contributed by atoms with E-state index in [4.69, 9.17) is 14.0 Å². The van der Waals surface area contributed by atoms with Gasteiger partial charge in [-0.2, -0.15) is 0 Å². The summed E-state index contributed by atoms with van der Waals surface area (Å²) in [5.41, 5.74) is -0.306. The predicted molar refractivity (Wildman–Crippen MR) is 109 cm³/mol. The minimum atomic E-state index is -0.421. The highest BCUT2D eigenvalue weighted by molar-refractivity contribution is 6.47. The van der Waals surface area contributed by atoms with Crippen LogP contribution in [0.4, 0.5) is 0 Å². The van der Waals surface area contributed by atoms with E-state index >= 15 is 0 Å². The predicted octanol–water partition coefficient (Wildman–Crippen LogP) is 4.13. The van der Waals surface area contributed by atoms with Crippen molar-refractivity contribution in [2.45, 2.75) is 110 Å². The smallest absolute Gasteiger partial charge is 0.460 e. The Balaban J connectivity index is 1.84. The summed E-state index contributed by atoms with van der Waals surface area (Å²) < 4.78 is 18.2. The summed E-state index contributed by atoms with van der Waals surface area (Å²) in [5, 5.41) is 3.37. The zero-order valence-corrected chi connectivity index (χ0v) is 18.7. The molecular weight excluding hydrogens is 341 g/mol. The fourth-order valence-corrected chi connectivity index (χ4v) is 4.59. The van der Waals surface area contributed by atoms with E-state index < -0.39 is 5.60 Å². The van der Waals surface area contributed by atoms with Gasteiger partial charge in [0, 0.05) is 12.4 Å². The molecule has 2 fully saturated rings. The van der Waals surface area contributed by atoms with Gasteiger partial charge >= 0.3 is 13.1 Å². The van der Waals surface area contributed by atoms with E-state index in [1.165, 1.54) is 6.42 Å². The lowest BCUT2D eigenvalue weighted by molar-refractivity contribution is -0.155. The second-order valence-corrected chi connectivity index (χ2v) is 10.7. The molecule has 0 radical (unpaired) electrons. The van der Waals surface area contributed by atoms with Gasteiger partial charge in [0.25, 0.3) is 0 Å². The molecule has 1 saturated carbocycles. The first-order valence-corrected chi connectivity index (χ1v) is 10.6. The first kappa shape index (κ1) is 22.7. The third-order valence-corrected chi connectivity index (χ3v) is 5.88. The maximum absolute atomic E-state index is 12.0. The van der Waals surface area contributed by atoms with E-state index in [1.807, 2.05) is 27.8 Å². The Morgan fingerprint density at radius 2 is 1.96 bits per heavy atom. The second kappa shape index (κ2) is 8.42. The molecular formula is C21H40BNO4. The summed E-state index contributed by atoms with van der Waals surface area (Å²) in [6.45, 7) is 14.7. The number of carbonyl (C=O) groups excluding carboxylic acids is 1. The third kappa shape index (κ3) is 6.47. The lowest BCUT2D eigenvalue weighted by atomic mass is 9.69. The molecule has 2 aliphatic rings. The van der Waals surface area contributed by atoms with Crippen molar-refractivity contribution in [3.63, 3.8) is 0 Å². The van der Waals surface area contributed by atoms with Gasteiger partial charge in [-0.3, -0.25) is 4.79 Å². The minimum Gasteiger partial charge on any atom is -0.460 e. The summed E-state index contributed by atoms with van der Waals surface area (Å²) in [5.74, 6) is 0.288. The topological polar surface area (TPSA) is 56.8 Å². The van der Waals surface area contributed by atoms with Gasteiger partial charge in [0.05, 0.1) is 11.7 Å². The first-order valence-electron chi connectivity index (χ1n) is 10.6. The Labute approximate surface area is 166 Å². The van der Waals surface area contributed by atoms with Crippen molar-refractivity contribution in [3.05, 3.63) is 0 Å². The molecule has 1 saturated heterocycles. The zero-order chi connectivity index (χ0) is 20.5. The van der Waals surface area contributed by atoms with Gasteiger partial charge in [0.15, 0.2) is 0 Å². The fraction of sp³-hybridized carbons (Fsp3) is 0.952. The highest BCUT2D eigenvalue weighted by atomic mass is 16.7. The Kier molecular flexibility index (Phi) is 7.08. The van der Waals surface area contributed by atoms with Gasteiger partial charge < -0.3 is 19.4 Å². The van der Waals surface area contributed by atoms with E-state index in [2.05, 4.69) is 33.0 Å². The van der Waals surface area contributed by atoms with Crippen molar-refractivity contribution in [2.75, 3.05) is 7.05 Å². The van der Waals surface area contributed by atoms with Crippen LogP contribution in [0.5, 0.6) is 0 Å². The summed E-state index contributed by atoms with van der Waals surface area (Å²) in [6.07, 6.45) is 5.76. The van der Waals surface area contributed by atoms with Gasteiger partial charge in [-0.15, -0.1) is 0 Å². The van der Waals surface area contributed by atoms with E-state index in [1.54, 1.807) is 0 Å². The molecule has 0 amide bonds. The number of nitrogens with one attached hydrogen (secondary N) is 1. The maximum atomic E-state index is 12.0. The monoisotopic (exact) mass is 381 g/mol. The Bertz CT molecular complexity index is 519. The Hall–Kier alpha value is -0.585. The number of rotatable bonds is 7. The van der Waals surface area contributed by atoms with Crippen LogP contribution in [-0.4, -0.2) is 43.4 Å². The van der Waals surface area contributed by atoms with E-state index in [9.17, 15) is 4.79 Å². The molecule has 4 atom stereocenters. The van der Waals surface area contributed by atoms with Crippen molar-refractivity contribution < 1.29 is 18.8 Å². The van der Waals surface area contributed by atoms with Crippen LogP contribution in [0.2, 0.25) is 0 Å². The quantitative estimate of drug-likeness (QED) is 0.531. The molecule has 2 rings (SSSR count). The number of carbonyl (C=O) groups is 1. The lowest BCUT2D eigenvalue weighted by Gasteiger charge is -2.43. The van der Waals surface area contributed by atoms with Crippen molar-refractivity contribution in [1.29, 1.82) is 0 Å². The molecule has 0 aromatic heterocycles. The van der Waals surface area contributed by atoms with E-state index in [0.717, 1.165) is 25.7 Å². The number of fused-ring (bicyclic) bond motifs is 1. The molecule has 6 heteroatoms. The minimum absolute atomic E-state index is 0.120. The highest BCUT2D eigenvalue weighted by Crippen LogP contribution is 2.47. The molecule has 0 aromatic carbocycles. The zero-order valence-electron chi connectivity index (χ0n) is 18.7. The number of hydrogen-bond acceptors (Lipinski definition) is 5. The van der Waals surface area contributed by atoms with Crippen LogP contribution in [0.1, 0.15) is 87.0 Å². The van der Waals surface area contributed by atoms with Crippen LogP contribution in [0.15, 0.2) is 0 Å². The summed E-state index contributed by atoms with van der Waals surface area (Å²) in [6, 6.07) is 0. The van der Waals surface area contributed by atoms with Gasteiger partial charge in [-0.25, -0.2) is 0 Å². The van der Waals surface area contributed by atoms with Gasteiger partial charge in [0.1, 0.15) is 5.60 Å². The molecule has 1 aliphatic carbocycles. The molecule has 27 heavy (non-hydrogen) atoms. The van der Waals surface area contributed by atoms with E-state index in [0.29, 0.717) is 11.8 Å². The fourth-order valence-electron chi connectivity index (χ4n) is 4.59. The average Bonchev–Trinajstić information content (AvgIpc) is 2.80. The molecule has 1 N–H and O–H groups in total. The van der Waals surface area contributed by atoms with Crippen LogP contribution in [0.25, 0.3) is 0 Å². The number of ether oxygens (including phenoxy) is 1. The van der Waals surface area contributed by atoms with Crippen LogP contribution < -0.4 is 5.32 Å². The lowest BCUT2D eigenvalue weighted by Crippen LogP contribution is -2.46. The van der Waals surface area contributed by atoms with E-state index in [-0.39, 0.29) is 36.7 Å². The van der Waals surface area contributed by atoms with Crippen LogP contribution in [0.3, 0.4) is 0 Å². The van der Waals surface area contributed by atoms with Crippen molar-refractivity contribution in [2.24, 2.45) is 11.3 Å². The standard InChI is InChI=1S/C21H40BNO4/c1-15(13-18(24)25-19(2,3)4)9-10-17(23-8)22-26-16-11-12-20(5,6)14-21(16,7)27-22/h15-17,23H,9-14H2,1-8H3. The SMILES string of the molecule is CNC(CCC(C)CC(=O)OC(C)(C)C)B1OC2CCC(C)(C)CC2(C)O1. The van der Waals surface area contributed by atoms with Gasteiger partial charge in [0.2, 0.25) is 0 Å². The molecule has 4 unspecified atom stereocenters. The van der Waals surface area contributed by atoms with Gasteiger partial charge in [-0.1, -0.05) is 20.8 Å². The molecule has 1 aliphatic heterocycles. The summed E-state index contributed by atoms with van der Waals surface area (Å²) in [7, 11) is 1.75. The van der Waals surface area contributed by atoms with Crippen LogP contribution >= 0.6 is 0 Å². The molecule has 5 nitrogen and oxygen atoms in total. The normalized spacial score (nSPS) is 29.9. The van der Waals surface area contributed by atoms with Crippen LogP contribution in [0, 0.1) is 11.3 Å². The maximum Gasteiger partial charge on any atom is 0.475 e. The molecule has 0 spiro atoms. The number of esters is 1. The molecule has 1 heterocycles. The molecule has 0 aromatic rings. The van der Waals surface area contributed by atoms with Crippen molar-refractivity contribution in [3.8, 4) is 0 Å². The summed E-state index contributed by atoms with van der Waals surface area (Å²) in [4.78, 5) is 12.0. The van der Waals surface area contributed by atoms with Crippen molar-refractivity contribution in [1.82, 2.24) is 5.32 Å². The molecule has 0 bridgehead atoms.